The molecule has 6 nitrogen and oxygen atoms in total. The summed E-state index contributed by atoms with van der Waals surface area (Å²) in [5.74, 6) is 2.05. The van der Waals surface area contributed by atoms with E-state index < -0.39 is 5.54 Å². The molecule has 3 aromatic carbocycles. The van der Waals surface area contributed by atoms with E-state index in [1.807, 2.05) is 18.2 Å². The van der Waals surface area contributed by atoms with E-state index in [4.69, 9.17) is 18.9 Å². The van der Waals surface area contributed by atoms with Gasteiger partial charge >= 0.3 is 5.97 Å². The largest absolute Gasteiger partial charge is 0.497 e. The lowest BCUT2D eigenvalue weighted by molar-refractivity contribution is -0.154. The molecule has 0 radical (unpaired) electrons. The van der Waals surface area contributed by atoms with Crippen molar-refractivity contribution < 1.29 is 23.7 Å². The maximum Gasteiger partial charge on any atom is 0.326 e. The standard InChI is InChI=1S/C25H27NO5/c1-28-15-6-7-16-17(10-15)21-14-26-9-5-8-25(26,24(27)31-4)13-20(21)19-12-23(30-3)22(29-2)11-18(16)19/h6-7,10-12H,5,8-9,13-14H2,1-4H3/t25-/m0/s1. The zero-order valence-corrected chi connectivity index (χ0v) is 18.4. The summed E-state index contributed by atoms with van der Waals surface area (Å²) < 4.78 is 22.0. The number of nitrogens with zero attached hydrogens (tertiary/aromatic N) is 1. The Bertz CT molecular complexity index is 1200. The zero-order valence-electron chi connectivity index (χ0n) is 18.4. The second kappa shape index (κ2) is 7.31. The minimum atomic E-state index is -0.603. The molecule has 2 aliphatic heterocycles. The number of fused-ring (bicyclic) bond motifs is 7. The van der Waals surface area contributed by atoms with Crippen LogP contribution in [0.2, 0.25) is 0 Å². The van der Waals surface area contributed by atoms with Gasteiger partial charge in [0.15, 0.2) is 11.5 Å². The molecule has 3 aromatic rings. The van der Waals surface area contributed by atoms with E-state index in [-0.39, 0.29) is 5.97 Å². The van der Waals surface area contributed by atoms with Crippen molar-refractivity contribution in [3.05, 3.63) is 41.5 Å². The summed E-state index contributed by atoms with van der Waals surface area (Å²) in [4.78, 5) is 15.3. The van der Waals surface area contributed by atoms with Gasteiger partial charge in [-0.3, -0.25) is 9.69 Å². The smallest absolute Gasteiger partial charge is 0.326 e. The SMILES string of the molecule is COC(=O)[C@@]12CCCN1Cc1c(c3cc(OC)c(OC)cc3c3ccc(OC)cc13)C2. The summed E-state index contributed by atoms with van der Waals surface area (Å²) in [6, 6.07) is 10.3. The van der Waals surface area contributed by atoms with Gasteiger partial charge in [-0.1, -0.05) is 6.07 Å². The molecule has 5 rings (SSSR count). The predicted molar refractivity (Wildman–Crippen MR) is 119 cm³/mol. The van der Waals surface area contributed by atoms with Gasteiger partial charge in [0, 0.05) is 13.0 Å². The van der Waals surface area contributed by atoms with Crippen LogP contribution in [0.3, 0.4) is 0 Å². The molecule has 0 saturated carbocycles. The van der Waals surface area contributed by atoms with E-state index >= 15 is 0 Å². The molecule has 2 heterocycles. The van der Waals surface area contributed by atoms with Crippen LogP contribution < -0.4 is 14.2 Å². The minimum absolute atomic E-state index is 0.144. The molecular weight excluding hydrogens is 394 g/mol. The monoisotopic (exact) mass is 421 g/mol. The van der Waals surface area contributed by atoms with Crippen molar-refractivity contribution in [2.45, 2.75) is 31.3 Å². The van der Waals surface area contributed by atoms with Crippen molar-refractivity contribution >= 4 is 27.5 Å². The van der Waals surface area contributed by atoms with Gasteiger partial charge < -0.3 is 18.9 Å². The highest BCUT2D eigenvalue weighted by molar-refractivity contribution is 6.12. The maximum absolute atomic E-state index is 13.0. The Morgan fingerprint density at radius 2 is 1.58 bits per heavy atom. The number of ether oxygens (including phenoxy) is 4. The van der Waals surface area contributed by atoms with E-state index in [1.54, 1.807) is 21.3 Å². The molecule has 0 unspecified atom stereocenters. The first-order valence-electron chi connectivity index (χ1n) is 10.6. The van der Waals surface area contributed by atoms with Gasteiger partial charge in [0.25, 0.3) is 0 Å². The molecule has 0 aliphatic carbocycles. The van der Waals surface area contributed by atoms with E-state index in [1.165, 1.54) is 18.2 Å². The van der Waals surface area contributed by atoms with Crippen LogP contribution in [0.15, 0.2) is 30.3 Å². The minimum Gasteiger partial charge on any atom is -0.497 e. The summed E-state index contributed by atoms with van der Waals surface area (Å²) >= 11 is 0. The van der Waals surface area contributed by atoms with Crippen LogP contribution in [0.4, 0.5) is 0 Å². The Labute approximate surface area is 181 Å². The summed E-state index contributed by atoms with van der Waals surface area (Å²) in [5, 5.41) is 4.47. The lowest BCUT2D eigenvalue weighted by atomic mass is 9.78. The number of hydrogen-bond acceptors (Lipinski definition) is 6. The number of methoxy groups -OCH3 is 4. The van der Waals surface area contributed by atoms with Gasteiger partial charge in [-0.05, 0) is 76.3 Å². The van der Waals surface area contributed by atoms with E-state index in [2.05, 4.69) is 17.0 Å². The molecule has 0 bridgehead atoms. The number of carbonyl (C=O) groups excluding carboxylic acids is 1. The van der Waals surface area contributed by atoms with Crippen molar-refractivity contribution in [3.8, 4) is 17.2 Å². The third-order valence-electron chi connectivity index (χ3n) is 7.06. The van der Waals surface area contributed by atoms with Gasteiger partial charge in [0.2, 0.25) is 0 Å². The number of benzene rings is 3. The molecule has 0 aromatic heterocycles. The molecule has 2 aliphatic rings. The molecule has 1 atom stereocenters. The third-order valence-corrected chi connectivity index (χ3v) is 7.06. The van der Waals surface area contributed by atoms with Gasteiger partial charge in [0.05, 0.1) is 28.4 Å². The van der Waals surface area contributed by atoms with Crippen molar-refractivity contribution in [3.63, 3.8) is 0 Å². The molecule has 1 saturated heterocycles. The Morgan fingerprint density at radius 3 is 2.26 bits per heavy atom. The highest BCUT2D eigenvalue weighted by Gasteiger charge is 2.51. The van der Waals surface area contributed by atoms with Crippen molar-refractivity contribution in [2.24, 2.45) is 0 Å². The number of hydrogen-bond donors (Lipinski definition) is 0. The Kier molecular flexibility index (Phi) is 4.70. The van der Waals surface area contributed by atoms with Crippen LogP contribution in [0.1, 0.15) is 24.0 Å². The number of esters is 1. The summed E-state index contributed by atoms with van der Waals surface area (Å²) in [7, 11) is 6.47. The van der Waals surface area contributed by atoms with Gasteiger partial charge in [-0.25, -0.2) is 0 Å². The fraction of sp³-hybridized carbons (Fsp3) is 0.400. The van der Waals surface area contributed by atoms with Gasteiger partial charge in [-0.15, -0.1) is 0 Å². The van der Waals surface area contributed by atoms with Crippen LogP contribution in [0.5, 0.6) is 17.2 Å². The van der Waals surface area contributed by atoms with Gasteiger partial charge in [0.1, 0.15) is 11.3 Å². The van der Waals surface area contributed by atoms with E-state index in [0.29, 0.717) is 24.5 Å². The second-order valence-electron chi connectivity index (χ2n) is 8.35. The normalized spacial score (nSPS) is 20.4. The van der Waals surface area contributed by atoms with Crippen molar-refractivity contribution in [1.82, 2.24) is 4.90 Å². The first-order chi connectivity index (χ1) is 15.1. The molecule has 0 N–H and O–H groups in total. The first-order valence-corrected chi connectivity index (χ1v) is 10.6. The average Bonchev–Trinajstić information content (AvgIpc) is 3.25. The number of carbonyl (C=O) groups is 1. The van der Waals surface area contributed by atoms with Crippen molar-refractivity contribution in [2.75, 3.05) is 35.0 Å². The van der Waals surface area contributed by atoms with Crippen molar-refractivity contribution in [1.29, 1.82) is 0 Å². The molecule has 0 amide bonds. The van der Waals surface area contributed by atoms with Crippen LogP contribution in [0, 0.1) is 0 Å². The van der Waals surface area contributed by atoms with Gasteiger partial charge in [-0.2, -0.15) is 0 Å². The average molecular weight is 421 g/mol. The second-order valence-corrected chi connectivity index (χ2v) is 8.35. The lowest BCUT2D eigenvalue weighted by Gasteiger charge is -2.41. The fourth-order valence-corrected chi connectivity index (χ4v) is 5.54. The van der Waals surface area contributed by atoms with Crippen LogP contribution in [-0.4, -0.2) is 51.4 Å². The van der Waals surface area contributed by atoms with Crippen LogP contribution in [0.25, 0.3) is 21.5 Å². The highest BCUT2D eigenvalue weighted by Crippen LogP contribution is 2.47. The third kappa shape index (κ3) is 2.78. The molecule has 31 heavy (non-hydrogen) atoms. The first kappa shape index (κ1) is 19.9. The molecule has 1 fully saturated rings. The highest BCUT2D eigenvalue weighted by atomic mass is 16.5. The van der Waals surface area contributed by atoms with Crippen LogP contribution >= 0.6 is 0 Å². The lowest BCUT2D eigenvalue weighted by Crippen LogP contribution is -2.54. The number of rotatable bonds is 4. The predicted octanol–water partition coefficient (Wildman–Crippen LogP) is 4.08. The van der Waals surface area contributed by atoms with E-state index in [0.717, 1.165) is 46.7 Å². The molecule has 162 valence electrons. The summed E-state index contributed by atoms with van der Waals surface area (Å²) in [6.07, 6.45) is 2.41. The van der Waals surface area contributed by atoms with E-state index in [9.17, 15) is 4.79 Å². The summed E-state index contributed by atoms with van der Waals surface area (Å²) in [5.41, 5.74) is 1.82. The topological polar surface area (TPSA) is 57.2 Å². The zero-order chi connectivity index (χ0) is 21.8. The molecular formula is C25H27NO5. The van der Waals surface area contributed by atoms with Crippen LogP contribution in [-0.2, 0) is 22.5 Å². The maximum atomic E-state index is 13.0. The molecule has 0 spiro atoms. The Balaban J connectivity index is 1.87. The quantitative estimate of drug-likeness (QED) is 0.467. The Morgan fingerprint density at radius 1 is 0.871 bits per heavy atom. The Hall–Kier alpha value is -2.99. The fourth-order valence-electron chi connectivity index (χ4n) is 5.54. The summed E-state index contributed by atoms with van der Waals surface area (Å²) in [6.45, 7) is 1.60. The molecule has 6 heteroatoms.